The minimum Gasteiger partial charge on any atom is -0.508 e. The fourth-order valence-corrected chi connectivity index (χ4v) is 6.44. The zero-order valence-corrected chi connectivity index (χ0v) is 22.6. The number of fused-ring (bicyclic) bond motifs is 2. The summed E-state index contributed by atoms with van der Waals surface area (Å²) >= 11 is 0. The lowest BCUT2D eigenvalue weighted by Gasteiger charge is -2.29. The molecular weight excluding hydrogens is 499 g/mol. The predicted molar refractivity (Wildman–Crippen MR) is 157 cm³/mol. The maximum atomic E-state index is 14.4. The van der Waals surface area contributed by atoms with Gasteiger partial charge in [0, 0.05) is 18.7 Å². The quantitative estimate of drug-likeness (QED) is 0.256. The number of imidazole rings is 1. The number of rotatable bonds is 5. The van der Waals surface area contributed by atoms with Gasteiger partial charge in [0.15, 0.2) is 0 Å². The van der Waals surface area contributed by atoms with Crippen molar-refractivity contribution in [2.45, 2.75) is 37.9 Å². The van der Waals surface area contributed by atoms with Crippen LogP contribution in [0.2, 0.25) is 0 Å². The Balaban J connectivity index is 1.18. The number of halogens is 1. The molecule has 0 bridgehead atoms. The van der Waals surface area contributed by atoms with Crippen LogP contribution in [0, 0.1) is 5.82 Å². The van der Waals surface area contributed by atoms with Crippen molar-refractivity contribution in [3.8, 4) is 16.9 Å². The summed E-state index contributed by atoms with van der Waals surface area (Å²) in [6, 6.07) is 27.4. The van der Waals surface area contributed by atoms with Crippen LogP contribution < -0.4 is 0 Å². The Bertz CT molecular complexity index is 1640. The molecule has 2 aliphatic rings. The van der Waals surface area contributed by atoms with E-state index in [1.54, 1.807) is 0 Å². The van der Waals surface area contributed by atoms with Crippen LogP contribution in [0.3, 0.4) is 0 Å². The Morgan fingerprint density at radius 1 is 0.875 bits per heavy atom. The van der Waals surface area contributed by atoms with Gasteiger partial charge in [0.05, 0.1) is 17.1 Å². The van der Waals surface area contributed by atoms with Crippen LogP contribution in [0.1, 0.15) is 52.9 Å². The molecule has 5 aromatic rings. The van der Waals surface area contributed by atoms with Crippen molar-refractivity contribution in [3.63, 3.8) is 0 Å². The fraction of sp³-hybridized carbons (Fsp3) is 0.265. The number of H-pyrrole nitrogens is 1. The molecule has 1 atom stereocenters. The summed E-state index contributed by atoms with van der Waals surface area (Å²) in [5.41, 5.74) is 8.61. The molecule has 5 nitrogen and oxygen atoms in total. The first-order valence-corrected chi connectivity index (χ1v) is 14.1. The molecule has 0 saturated carbocycles. The number of nitrogens with zero attached hydrogens (tertiary/aromatic N) is 3. The Hall–Kier alpha value is -4.00. The number of hydrogen-bond donors (Lipinski definition) is 2. The van der Waals surface area contributed by atoms with Gasteiger partial charge >= 0.3 is 0 Å². The number of para-hydroxylation sites is 2. The number of likely N-dealkylation sites (tertiary alicyclic amines) is 1. The highest BCUT2D eigenvalue weighted by Crippen LogP contribution is 2.40. The van der Waals surface area contributed by atoms with E-state index in [2.05, 4.69) is 64.3 Å². The van der Waals surface area contributed by atoms with Crippen molar-refractivity contribution in [1.29, 1.82) is 0 Å². The molecule has 0 radical (unpaired) electrons. The lowest BCUT2D eigenvalue weighted by Crippen LogP contribution is -2.29. The third-order valence-corrected chi connectivity index (χ3v) is 8.70. The van der Waals surface area contributed by atoms with E-state index in [0.29, 0.717) is 30.4 Å². The molecule has 0 unspecified atom stereocenters. The molecule has 40 heavy (non-hydrogen) atoms. The monoisotopic (exact) mass is 532 g/mol. The second-order valence-corrected chi connectivity index (χ2v) is 11.3. The first kappa shape index (κ1) is 25.0. The van der Waals surface area contributed by atoms with Crippen LogP contribution >= 0.6 is 0 Å². The van der Waals surface area contributed by atoms with E-state index in [1.807, 2.05) is 24.3 Å². The number of nitrogens with one attached hydrogen (secondary N) is 1. The molecule has 6 heteroatoms. The lowest BCUT2D eigenvalue weighted by molar-refractivity contribution is 0.220. The van der Waals surface area contributed by atoms with Gasteiger partial charge in [0.1, 0.15) is 17.4 Å². The van der Waals surface area contributed by atoms with Gasteiger partial charge < -0.3 is 15.0 Å². The van der Waals surface area contributed by atoms with E-state index in [1.165, 1.54) is 58.9 Å². The van der Waals surface area contributed by atoms with Gasteiger partial charge in [-0.1, -0.05) is 48.5 Å². The third kappa shape index (κ3) is 4.67. The Morgan fingerprint density at radius 2 is 1.62 bits per heavy atom. The molecule has 1 aromatic heterocycles. The van der Waals surface area contributed by atoms with Gasteiger partial charge in [-0.15, -0.1) is 0 Å². The van der Waals surface area contributed by atoms with Gasteiger partial charge in [-0.2, -0.15) is 0 Å². The number of hydrogen-bond acceptors (Lipinski definition) is 4. The minimum absolute atomic E-state index is 0.0631. The van der Waals surface area contributed by atoms with Gasteiger partial charge in [0.2, 0.25) is 0 Å². The van der Waals surface area contributed by atoms with Crippen molar-refractivity contribution in [2.75, 3.05) is 20.1 Å². The first-order valence-electron chi connectivity index (χ1n) is 14.1. The zero-order chi connectivity index (χ0) is 27.2. The van der Waals surface area contributed by atoms with E-state index in [4.69, 9.17) is 4.98 Å². The van der Waals surface area contributed by atoms with Crippen LogP contribution in [-0.4, -0.2) is 45.0 Å². The van der Waals surface area contributed by atoms with Crippen LogP contribution in [0.4, 0.5) is 4.39 Å². The molecule has 0 aliphatic carbocycles. The third-order valence-electron chi connectivity index (χ3n) is 8.70. The van der Waals surface area contributed by atoms with Crippen molar-refractivity contribution in [2.24, 2.45) is 0 Å². The smallest absolute Gasteiger partial charge is 0.129 e. The van der Waals surface area contributed by atoms with Crippen molar-refractivity contribution in [3.05, 3.63) is 119 Å². The standard InChI is InChI=1S/C34H33FN4O/c1-38-16-14-24(15-17-38)22-6-8-23(9-7-22)25-10-11-26-20-39(21-27(26)18-25)33(29-19-28(35)12-13-32(29)40)34-36-30-4-2-3-5-31(30)37-34/h2-13,18-19,24,33,40H,14-17,20-21H2,1H3,(H,36,37)/t33-/m0/s1. The van der Waals surface area contributed by atoms with E-state index >= 15 is 0 Å². The molecule has 2 aliphatic heterocycles. The number of aromatic amines is 1. The van der Waals surface area contributed by atoms with E-state index in [-0.39, 0.29) is 11.6 Å². The number of phenolic OH excluding ortho intramolecular Hbond substituents is 1. The highest BCUT2D eigenvalue weighted by atomic mass is 19.1. The summed E-state index contributed by atoms with van der Waals surface area (Å²) < 4.78 is 14.4. The van der Waals surface area contributed by atoms with Crippen molar-refractivity contribution in [1.82, 2.24) is 19.8 Å². The number of benzene rings is 4. The van der Waals surface area contributed by atoms with Crippen molar-refractivity contribution >= 4 is 11.0 Å². The zero-order valence-electron chi connectivity index (χ0n) is 22.6. The lowest BCUT2D eigenvalue weighted by atomic mass is 9.88. The molecule has 1 saturated heterocycles. The maximum Gasteiger partial charge on any atom is 0.129 e. The van der Waals surface area contributed by atoms with Crippen molar-refractivity contribution < 1.29 is 9.50 Å². The molecule has 4 aromatic carbocycles. The molecule has 202 valence electrons. The number of aromatic nitrogens is 2. The highest BCUT2D eigenvalue weighted by molar-refractivity contribution is 5.75. The van der Waals surface area contributed by atoms with Gasteiger partial charge in [0.25, 0.3) is 0 Å². The Morgan fingerprint density at radius 3 is 2.42 bits per heavy atom. The summed E-state index contributed by atoms with van der Waals surface area (Å²) in [4.78, 5) is 12.9. The Labute approximate surface area is 233 Å². The summed E-state index contributed by atoms with van der Waals surface area (Å²) in [5.74, 6) is 1.03. The average Bonchev–Trinajstić information content (AvgIpc) is 3.59. The summed E-state index contributed by atoms with van der Waals surface area (Å²) in [6.45, 7) is 3.68. The number of aromatic hydroxyl groups is 1. The molecule has 1 fully saturated rings. The number of phenols is 1. The van der Waals surface area contributed by atoms with Gasteiger partial charge in [-0.25, -0.2) is 9.37 Å². The first-order chi connectivity index (χ1) is 19.5. The highest BCUT2D eigenvalue weighted by Gasteiger charge is 2.32. The minimum atomic E-state index is -0.423. The molecular formula is C34H33FN4O. The Kier molecular flexibility index (Phi) is 6.37. The molecule has 7 rings (SSSR count). The molecule has 3 heterocycles. The van der Waals surface area contributed by atoms with Gasteiger partial charge in [-0.05, 0) is 103 Å². The second-order valence-electron chi connectivity index (χ2n) is 11.3. The molecule has 2 N–H and O–H groups in total. The van der Waals surface area contributed by atoms with Crippen LogP contribution in [0.5, 0.6) is 5.75 Å². The van der Waals surface area contributed by atoms with Crippen LogP contribution in [0.15, 0.2) is 84.9 Å². The van der Waals surface area contributed by atoms with E-state index in [0.717, 1.165) is 24.1 Å². The normalized spacial score (nSPS) is 17.4. The summed E-state index contributed by atoms with van der Waals surface area (Å²) in [5, 5.41) is 10.8. The van der Waals surface area contributed by atoms with E-state index < -0.39 is 6.04 Å². The fourth-order valence-electron chi connectivity index (χ4n) is 6.44. The largest absolute Gasteiger partial charge is 0.508 e. The topological polar surface area (TPSA) is 55.4 Å². The predicted octanol–water partition coefficient (Wildman–Crippen LogP) is 6.99. The summed E-state index contributed by atoms with van der Waals surface area (Å²) in [7, 11) is 2.20. The SMILES string of the molecule is CN1CCC(c2ccc(-c3ccc4c(c3)CN([C@H](c3nc5ccccc5[nH]3)c3cc(F)ccc3O)C4)cc2)CC1. The average molecular weight is 533 g/mol. The second kappa shape index (κ2) is 10.2. The van der Waals surface area contributed by atoms with Crippen LogP contribution in [0.25, 0.3) is 22.2 Å². The number of piperidine rings is 1. The molecule has 0 spiro atoms. The maximum absolute atomic E-state index is 14.4. The molecule has 0 amide bonds. The van der Waals surface area contributed by atoms with E-state index in [9.17, 15) is 9.50 Å². The van der Waals surface area contributed by atoms with Gasteiger partial charge in [-0.3, -0.25) is 4.90 Å². The summed E-state index contributed by atoms with van der Waals surface area (Å²) in [6.07, 6.45) is 2.44. The van der Waals surface area contributed by atoms with Crippen LogP contribution in [-0.2, 0) is 13.1 Å².